The molecule has 8 nitrogen and oxygen atoms in total. The van der Waals surface area contributed by atoms with Crippen molar-refractivity contribution in [2.45, 2.75) is 19.5 Å². The Bertz CT molecular complexity index is 1040. The Morgan fingerprint density at radius 1 is 1.16 bits per heavy atom. The average Bonchev–Trinajstić information content (AvgIpc) is 2.74. The number of sulfonamides is 1. The molecule has 2 aromatic carbocycles. The largest absolute Gasteiger partial charge is 0.497 e. The molecule has 0 radical (unpaired) electrons. The van der Waals surface area contributed by atoms with Crippen LogP contribution >= 0.6 is 0 Å². The van der Waals surface area contributed by atoms with E-state index in [1.807, 2.05) is 0 Å². The van der Waals surface area contributed by atoms with Crippen molar-refractivity contribution < 1.29 is 27.1 Å². The van der Waals surface area contributed by atoms with Crippen LogP contribution in [0.25, 0.3) is 0 Å². The Labute approximate surface area is 181 Å². The van der Waals surface area contributed by atoms with Crippen LogP contribution in [0.2, 0.25) is 0 Å². The lowest BCUT2D eigenvalue weighted by atomic mass is 10.1. The summed E-state index contributed by atoms with van der Waals surface area (Å²) in [6.07, 6.45) is 0.975. The number of carbonyl (C=O) groups excluding carboxylic acids is 2. The lowest BCUT2D eigenvalue weighted by Gasteiger charge is -2.31. The molecule has 0 fully saturated rings. The summed E-state index contributed by atoms with van der Waals surface area (Å²) in [6.45, 7) is 0.728. The maximum atomic E-state index is 14.2. The van der Waals surface area contributed by atoms with E-state index in [1.165, 1.54) is 51.4 Å². The molecule has 2 rings (SSSR count). The van der Waals surface area contributed by atoms with Gasteiger partial charge >= 0.3 is 0 Å². The number of ether oxygens (including phenoxy) is 1. The van der Waals surface area contributed by atoms with E-state index >= 15 is 0 Å². The van der Waals surface area contributed by atoms with Crippen LogP contribution in [0, 0.1) is 5.82 Å². The number of nitrogens with one attached hydrogen (secondary N) is 1. The summed E-state index contributed by atoms with van der Waals surface area (Å²) >= 11 is 0. The fourth-order valence-corrected chi connectivity index (χ4v) is 3.82. The predicted octanol–water partition coefficient (Wildman–Crippen LogP) is 1.76. The van der Waals surface area contributed by atoms with E-state index < -0.39 is 40.2 Å². The summed E-state index contributed by atoms with van der Waals surface area (Å²) in [4.78, 5) is 26.6. The average molecular weight is 452 g/mol. The second-order valence-corrected chi connectivity index (χ2v) is 8.78. The number of amides is 2. The van der Waals surface area contributed by atoms with Crippen LogP contribution in [0.5, 0.6) is 5.75 Å². The zero-order valence-electron chi connectivity index (χ0n) is 17.8. The predicted molar refractivity (Wildman–Crippen MR) is 116 cm³/mol. The SMILES string of the molecule is CNC(=O)[C@H](C)N(Cc1ccccc1F)C(=O)CN(c1cccc(OC)c1)S(C)(=O)=O. The minimum absolute atomic E-state index is 0.199. The number of likely N-dealkylation sites (N-methyl/N-ethyl adjacent to an activating group) is 1. The summed E-state index contributed by atoms with van der Waals surface area (Å²) < 4.78 is 45.1. The first-order valence-corrected chi connectivity index (χ1v) is 11.3. The Morgan fingerprint density at radius 3 is 2.42 bits per heavy atom. The van der Waals surface area contributed by atoms with E-state index in [0.29, 0.717) is 5.75 Å². The molecular formula is C21H26FN3O5S. The highest BCUT2D eigenvalue weighted by molar-refractivity contribution is 7.92. The molecule has 0 saturated heterocycles. The van der Waals surface area contributed by atoms with Crippen molar-refractivity contribution in [1.29, 1.82) is 0 Å². The number of hydrogen-bond donors (Lipinski definition) is 1. The molecule has 0 aliphatic heterocycles. The van der Waals surface area contributed by atoms with Gasteiger partial charge in [-0.05, 0) is 25.1 Å². The van der Waals surface area contributed by atoms with Crippen LogP contribution < -0.4 is 14.4 Å². The minimum atomic E-state index is -3.85. The second-order valence-electron chi connectivity index (χ2n) is 6.87. The van der Waals surface area contributed by atoms with Crippen LogP contribution in [-0.4, -0.2) is 58.1 Å². The lowest BCUT2D eigenvalue weighted by Crippen LogP contribution is -2.50. The molecule has 0 unspecified atom stereocenters. The number of carbonyl (C=O) groups is 2. The maximum absolute atomic E-state index is 14.2. The van der Waals surface area contributed by atoms with Crippen molar-refractivity contribution >= 4 is 27.5 Å². The van der Waals surface area contributed by atoms with Gasteiger partial charge < -0.3 is 15.0 Å². The third-order valence-electron chi connectivity index (χ3n) is 4.73. The van der Waals surface area contributed by atoms with E-state index in [4.69, 9.17) is 4.74 Å². The molecule has 0 saturated carbocycles. The molecule has 10 heteroatoms. The molecule has 168 valence electrons. The van der Waals surface area contributed by atoms with Gasteiger partial charge in [0.1, 0.15) is 24.2 Å². The second kappa shape index (κ2) is 10.3. The maximum Gasteiger partial charge on any atom is 0.244 e. The highest BCUT2D eigenvalue weighted by atomic mass is 32.2. The summed E-state index contributed by atoms with van der Waals surface area (Å²) in [5.74, 6) is -1.23. The normalized spacial score (nSPS) is 12.0. The first-order chi connectivity index (χ1) is 14.6. The minimum Gasteiger partial charge on any atom is -0.497 e. The van der Waals surface area contributed by atoms with Gasteiger partial charge in [0.15, 0.2) is 0 Å². The monoisotopic (exact) mass is 451 g/mol. The zero-order valence-corrected chi connectivity index (χ0v) is 18.6. The highest BCUT2D eigenvalue weighted by Crippen LogP contribution is 2.24. The van der Waals surface area contributed by atoms with Crippen LogP contribution in [0.1, 0.15) is 12.5 Å². The van der Waals surface area contributed by atoms with E-state index in [2.05, 4.69) is 5.32 Å². The molecule has 0 aliphatic rings. The van der Waals surface area contributed by atoms with Crippen molar-refractivity contribution in [2.75, 3.05) is 31.3 Å². The Morgan fingerprint density at radius 2 is 1.84 bits per heavy atom. The third-order valence-corrected chi connectivity index (χ3v) is 5.87. The van der Waals surface area contributed by atoms with Gasteiger partial charge in [-0.1, -0.05) is 24.3 Å². The molecular weight excluding hydrogens is 425 g/mol. The van der Waals surface area contributed by atoms with E-state index in [0.717, 1.165) is 15.5 Å². The molecule has 0 spiro atoms. The van der Waals surface area contributed by atoms with Crippen molar-refractivity contribution in [1.82, 2.24) is 10.2 Å². The fourth-order valence-electron chi connectivity index (χ4n) is 2.98. The van der Waals surface area contributed by atoms with Crippen molar-refractivity contribution in [2.24, 2.45) is 0 Å². The third kappa shape index (κ3) is 6.17. The van der Waals surface area contributed by atoms with Gasteiger partial charge in [-0.15, -0.1) is 0 Å². The standard InChI is InChI=1S/C21H26FN3O5S/c1-15(21(27)23-2)24(13-16-8-5-6-11-19(16)22)20(26)14-25(31(4,28)29)17-9-7-10-18(12-17)30-3/h5-12,15H,13-14H2,1-4H3,(H,23,27)/t15-/m0/s1. The van der Waals surface area contributed by atoms with Gasteiger partial charge in [-0.2, -0.15) is 0 Å². The van der Waals surface area contributed by atoms with Gasteiger partial charge in [-0.3, -0.25) is 13.9 Å². The molecule has 2 amide bonds. The van der Waals surface area contributed by atoms with Gasteiger partial charge in [0.2, 0.25) is 21.8 Å². The molecule has 0 aromatic heterocycles. The number of anilines is 1. The molecule has 31 heavy (non-hydrogen) atoms. The topological polar surface area (TPSA) is 96.0 Å². The van der Waals surface area contributed by atoms with Crippen LogP contribution in [0.3, 0.4) is 0 Å². The lowest BCUT2D eigenvalue weighted by molar-refractivity contribution is -0.139. The van der Waals surface area contributed by atoms with E-state index in [1.54, 1.807) is 18.2 Å². The number of methoxy groups -OCH3 is 1. The number of benzene rings is 2. The van der Waals surface area contributed by atoms with Gasteiger partial charge in [0, 0.05) is 25.2 Å². The first-order valence-electron chi connectivity index (χ1n) is 9.44. The number of rotatable bonds is 9. The van der Waals surface area contributed by atoms with Gasteiger partial charge in [0.05, 0.1) is 19.1 Å². The van der Waals surface area contributed by atoms with Crippen LogP contribution in [0.15, 0.2) is 48.5 Å². The zero-order chi connectivity index (χ0) is 23.2. The summed E-state index contributed by atoms with van der Waals surface area (Å²) in [6, 6.07) is 11.2. The number of nitrogens with zero attached hydrogens (tertiary/aromatic N) is 2. The van der Waals surface area contributed by atoms with Crippen molar-refractivity contribution in [3.8, 4) is 5.75 Å². The molecule has 2 aromatic rings. The first kappa shape index (κ1) is 24.1. The number of halogens is 1. The van der Waals surface area contributed by atoms with Crippen LogP contribution in [0.4, 0.5) is 10.1 Å². The molecule has 1 atom stereocenters. The quantitative estimate of drug-likeness (QED) is 0.627. The Balaban J connectivity index is 2.41. The highest BCUT2D eigenvalue weighted by Gasteiger charge is 2.30. The Hall–Kier alpha value is -3.14. The summed E-state index contributed by atoms with van der Waals surface area (Å²) in [5.41, 5.74) is 0.438. The molecule has 0 bridgehead atoms. The van der Waals surface area contributed by atoms with Crippen molar-refractivity contribution in [3.05, 3.63) is 59.9 Å². The Kier molecular flexibility index (Phi) is 7.98. The molecule has 0 heterocycles. The van der Waals surface area contributed by atoms with E-state index in [-0.39, 0.29) is 17.8 Å². The number of hydrogen-bond acceptors (Lipinski definition) is 5. The fraction of sp³-hybridized carbons (Fsp3) is 0.333. The van der Waals surface area contributed by atoms with E-state index in [9.17, 15) is 22.4 Å². The molecule has 1 N–H and O–H groups in total. The van der Waals surface area contributed by atoms with Gasteiger partial charge in [-0.25, -0.2) is 12.8 Å². The molecule has 0 aliphatic carbocycles. The smallest absolute Gasteiger partial charge is 0.244 e. The summed E-state index contributed by atoms with van der Waals surface area (Å²) in [7, 11) is -0.987. The van der Waals surface area contributed by atoms with Crippen molar-refractivity contribution in [3.63, 3.8) is 0 Å². The summed E-state index contributed by atoms with van der Waals surface area (Å²) in [5, 5.41) is 2.46. The van der Waals surface area contributed by atoms with Crippen LogP contribution in [-0.2, 0) is 26.2 Å². The van der Waals surface area contributed by atoms with Gasteiger partial charge in [0.25, 0.3) is 0 Å².